The number of hydrogen-bond acceptors (Lipinski definition) is 2. The Morgan fingerprint density at radius 2 is 1.62 bits per heavy atom. The Balaban J connectivity index is -0.000000845. The van der Waals surface area contributed by atoms with Crippen LogP contribution in [0.4, 0.5) is 0 Å². The molecule has 2 atom stereocenters. The van der Waals surface area contributed by atoms with Gasteiger partial charge in [-0.2, -0.15) is 0 Å². The molecule has 1 radical (unpaired) electrons. The molecule has 0 aromatic heterocycles. The van der Waals surface area contributed by atoms with Crippen LogP contribution in [0.5, 0.6) is 0 Å². The average molecular weight is 287 g/mol. The van der Waals surface area contributed by atoms with E-state index in [0.29, 0.717) is 0 Å². The Morgan fingerprint density at radius 3 is 1.88 bits per heavy atom. The zero-order valence-electron chi connectivity index (χ0n) is 10.5. The van der Waals surface area contributed by atoms with Gasteiger partial charge in [-0.15, -0.1) is 7.05 Å². The molecule has 0 aromatic carbocycles. The quantitative estimate of drug-likeness (QED) is 0.697. The van der Waals surface area contributed by atoms with Gasteiger partial charge in [-0.05, 0) is 25.2 Å². The van der Waals surface area contributed by atoms with E-state index in [4.69, 9.17) is 4.28 Å². The molecule has 0 spiro atoms. The van der Waals surface area contributed by atoms with Crippen LogP contribution in [0.1, 0.15) is 54.9 Å². The molecule has 0 amide bonds. The van der Waals surface area contributed by atoms with E-state index in [-0.39, 0.29) is 36.1 Å². The first kappa shape index (κ1) is 21.9. The average Bonchev–Trinajstić information content (AvgIpc) is 2.16. The van der Waals surface area contributed by atoms with Crippen molar-refractivity contribution in [3.8, 4) is 0 Å². The summed E-state index contributed by atoms with van der Waals surface area (Å²) in [6.45, 7) is 10.4. The molecule has 0 bridgehead atoms. The normalized spacial score (nSPS) is 16.6. The maximum Gasteiger partial charge on any atom is 0.145 e. The number of hydrogen-bond donors (Lipinski definition) is 0. The summed E-state index contributed by atoms with van der Waals surface area (Å²) >= 11 is -1.36. The van der Waals surface area contributed by atoms with E-state index in [1.54, 1.807) is 0 Å². The number of hydroxylamine groups is 1. The van der Waals surface area contributed by atoms with E-state index < -0.39 is 11.1 Å². The Morgan fingerprint density at radius 1 is 1.19 bits per heavy atom. The first-order valence-corrected chi connectivity index (χ1v) is 6.11. The van der Waals surface area contributed by atoms with Crippen LogP contribution in [0.3, 0.4) is 0 Å². The summed E-state index contributed by atoms with van der Waals surface area (Å²) in [6, 6.07) is 0. The van der Waals surface area contributed by atoms with Gasteiger partial charge in [0, 0.05) is 18.6 Å². The van der Waals surface area contributed by atoms with E-state index in [0.717, 1.165) is 12.8 Å². The van der Waals surface area contributed by atoms with Gasteiger partial charge in [-0.1, -0.05) is 35.1 Å². The minimum atomic E-state index is -1.36. The van der Waals surface area contributed by atoms with Crippen molar-refractivity contribution in [2.75, 3.05) is 7.05 Å². The summed E-state index contributed by atoms with van der Waals surface area (Å²) < 4.78 is 16.4. The van der Waals surface area contributed by atoms with Gasteiger partial charge in [0.05, 0.1) is 4.75 Å². The fraction of sp³-hybridized carbons (Fsp3) is 1.00. The van der Waals surface area contributed by atoms with Crippen LogP contribution >= 0.6 is 0 Å². The van der Waals surface area contributed by atoms with Crippen molar-refractivity contribution in [1.82, 2.24) is 0 Å². The van der Waals surface area contributed by atoms with Gasteiger partial charge in [-0.3, -0.25) is 0 Å². The molecule has 0 aliphatic heterocycles. The summed E-state index contributed by atoms with van der Waals surface area (Å²) in [6.07, 6.45) is 1.78. The summed E-state index contributed by atoms with van der Waals surface area (Å²) in [5.41, 5.74) is 3.48. The molecular formula is C11H26NO2SV-. The third-order valence-corrected chi connectivity index (χ3v) is 5.36. The smallest absolute Gasteiger partial charge is 0.145 e. The first-order chi connectivity index (χ1) is 6.35. The van der Waals surface area contributed by atoms with Crippen LogP contribution in [-0.2, 0) is 33.9 Å². The predicted octanol–water partition coefficient (Wildman–Crippen LogP) is 3.82. The fourth-order valence-corrected chi connectivity index (χ4v) is 2.48. The largest absolute Gasteiger partial charge is 0.521 e. The van der Waals surface area contributed by atoms with E-state index in [1.807, 2.05) is 13.8 Å². The second-order valence-electron chi connectivity index (χ2n) is 4.31. The Hall–Kier alpha value is 0.654. The monoisotopic (exact) mass is 287 g/mol. The third kappa shape index (κ3) is 4.49. The van der Waals surface area contributed by atoms with Crippen LogP contribution in [-0.4, -0.2) is 16.0 Å². The molecule has 0 N–H and O–H groups in total. The van der Waals surface area contributed by atoms with E-state index in [9.17, 15) is 4.21 Å². The molecule has 0 saturated heterocycles. The van der Waals surface area contributed by atoms with E-state index in [2.05, 4.69) is 26.3 Å². The van der Waals surface area contributed by atoms with Gasteiger partial charge in [0.1, 0.15) is 11.1 Å². The zero-order valence-corrected chi connectivity index (χ0v) is 12.7. The third-order valence-electron chi connectivity index (χ3n) is 3.50. The minimum Gasteiger partial charge on any atom is -0.521 e. The molecular weight excluding hydrogens is 261 g/mol. The Kier molecular flexibility index (Phi) is 11.9. The molecule has 5 heteroatoms. The van der Waals surface area contributed by atoms with Crippen LogP contribution < -0.4 is 0 Å². The predicted molar refractivity (Wildman–Crippen MR) is 68.0 cm³/mol. The number of nitrogens with zero attached hydrogens (tertiary/aromatic N) is 1. The van der Waals surface area contributed by atoms with Crippen molar-refractivity contribution in [2.24, 2.45) is 5.41 Å². The molecule has 16 heavy (non-hydrogen) atoms. The van der Waals surface area contributed by atoms with Gasteiger partial charge in [0.2, 0.25) is 0 Å². The van der Waals surface area contributed by atoms with Crippen LogP contribution in [0.15, 0.2) is 0 Å². The first-order valence-electron chi connectivity index (χ1n) is 5.04. The molecule has 0 heterocycles. The van der Waals surface area contributed by atoms with Crippen molar-refractivity contribution in [2.45, 2.75) is 59.6 Å². The molecule has 99 valence electrons. The molecule has 0 aromatic rings. The van der Waals surface area contributed by atoms with Crippen molar-refractivity contribution in [1.29, 1.82) is 0 Å². The molecule has 0 saturated carbocycles. The Bertz CT molecular complexity index is 212. The van der Waals surface area contributed by atoms with Crippen LogP contribution in [0, 0.1) is 5.41 Å². The molecule has 0 rings (SSSR count). The van der Waals surface area contributed by atoms with Gasteiger partial charge in [-0.25, -0.2) is 4.21 Å². The van der Waals surface area contributed by atoms with Gasteiger partial charge in [0.25, 0.3) is 0 Å². The van der Waals surface area contributed by atoms with Crippen LogP contribution in [0.25, 0.3) is 5.48 Å². The van der Waals surface area contributed by atoms with E-state index >= 15 is 0 Å². The summed E-state index contributed by atoms with van der Waals surface area (Å²) in [5.74, 6) is 0. The summed E-state index contributed by atoms with van der Waals surface area (Å²) in [5, 5.41) is 0. The zero-order chi connectivity index (χ0) is 11.4. The molecule has 0 aliphatic carbocycles. The van der Waals surface area contributed by atoms with Crippen LogP contribution in [0.2, 0.25) is 0 Å². The second-order valence-corrected chi connectivity index (χ2v) is 5.83. The maximum atomic E-state index is 11.9. The standard InChI is InChI=1S/C10H22NO2S.CH4.V/c1-7-9(3,4)10(5,8-2)14(12)13-11-6;;/h7-8H2,1-6H3;1H4;/q-1;;. The van der Waals surface area contributed by atoms with Gasteiger partial charge >= 0.3 is 0 Å². The Labute approximate surface area is 116 Å². The maximum absolute atomic E-state index is 11.9. The van der Waals surface area contributed by atoms with Gasteiger partial charge in [0.15, 0.2) is 0 Å². The molecule has 0 aliphatic rings. The SMILES string of the molecule is C.CCC(C)(C)C(C)(CC)S(=O)O[N-]C.[V]. The van der Waals surface area contributed by atoms with E-state index in [1.165, 1.54) is 7.05 Å². The minimum absolute atomic E-state index is 0. The topological polar surface area (TPSA) is 40.4 Å². The number of rotatable bonds is 6. The van der Waals surface area contributed by atoms with Crippen molar-refractivity contribution in [3.05, 3.63) is 5.48 Å². The van der Waals surface area contributed by atoms with Crippen molar-refractivity contribution >= 4 is 11.1 Å². The summed E-state index contributed by atoms with van der Waals surface area (Å²) in [7, 11) is 1.51. The molecule has 2 unspecified atom stereocenters. The van der Waals surface area contributed by atoms with Gasteiger partial charge < -0.3 is 9.76 Å². The van der Waals surface area contributed by atoms with Crippen molar-refractivity contribution in [3.63, 3.8) is 0 Å². The summed E-state index contributed by atoms with van der Waals surface area (Å²) in [4.78, 5) is 0. The molecule has 0 fully saturated rings. The second kappa shape index (κ2) is 8.70. The fourth-order valence-electron chi connectivity index (χ4n) is 1.35. The van der Waals surface area contributed by atoms with Crippen molar-refractivity contribution < 1.29 is 27.0 Å². The molecule has 3 nitrogen and oxygen atoms in total.